The van der Waals surface area contributed by atoms with Crippen molar-refractivity contribution in [3.63, 3.8) is 0 Å². The second-order valence-electron chi connectivity index (χ2n) is 6.79. The van der Waals surface area contributed by atoms with Gasteiger partial charge in [0.2, 0.25) is 10.0 Å². The molecular weight excluding hydrogens is 328 g/mol. The van der Waals surface area contributed by atoms with E-state index in [9.17, 15) is 8.42 Å². The van der Waals surface area contributed by atoms with Crippen LogP contribution in [0.1, 0.15) is 39.0 Å². The van der Waals surface area contributed by atoms with Crippen LogP contribution in [0.2, 0.25) is 0 Å². The molecule has 2 fully saturated rings. The van der Waals surface area contributed by atoms with Gasteiger partial charge in [-0.15, -0.1) is 0 Å². The van der Waals surface area contributed by atoms with Crippen LogP contribution in [0.4, 0.5) is 0 Å². The second kappa shape index (κ2) is 9.01. The first-order valence-corrected chi connectivity index (χ1v) is 10.6. The third-order valence-electron chi connectivity index (χ3n) is 5.02. The first kappa shape index (κ1) is 19.5. The Morgan fingerprint density at radius 3 is 2.62 bits per heavy atom. The highest BCUT2D eigenvalue weighted by molar-refractivity contribution is 7.89. The number of aliphatic imine (C=N–C) groups is 1. The van der Waals surface area contributed by atoms with Crippen LogP contribution in [0.5, 0.6) is 0 Å². The number of methoxy groups -OCH3 is 1. The van der Waals surface area contributed by atoms with Crippen molar-refractivity contribution in [1.82, 2.24) is 14.9 Å². The maximum absolute atomic E-state index is 11.8. The van der Waals surface area contributed by atoms with Crippen molar-refractivity contribution in [2.24, 2.45) is 10.4 Å². The molecule has 140 valence electrons. The number of guanidine groups is 1. The number of nitrogens with zero attached hydrogens (tertiary/aromatic N) is 2. The van der Waals surface area contributed by atoms with E-state index < -0.39 is 10.0 Å². The fraction of sp³-hybridized carbons (Fsp3) is 0.938. The van der Waals surface area contributed by atoms with E-state index in [-0.39, 0.29) is 11.2 Å². The van der Waals surface area contributed by atoms with Gasteiger partial charge in [-0.05, 0) is 38.0 Å². The fourth-order valence-electron chi connectivity index (χ4n) is 3.31. The van der Waals surface area contributed by atoms with Crippen molar-refractivity contribution >= 4 is 16.0 Å². The standard InChI is InChI=1S/C16H32N4O3S/c1-3-17-15(18-9-11-20-10-5-13-24(20,21)22)19-14-16(6-4-7-16)8-12-23-2/h3-14H2,1-2H3,(H2,17,18,19). The summed E-state index contributed by atoms with van der Waals surface area (Å²) in [6, 6.07) is 0. The number of nitrogens with one attached hydrogen (secondary N) is 2. The number of sulfonamides is 1. The highest BCUT2D eigenvalue weighted by atomic mass is 32.2. The lowest BCUT2D eigenvalue weighted by molar-refractivity contribution is 0.0778. The molecule has 2 N–H and O–H groups in total. The second-order valence-corrected chi connectivity index (χ2v) is 8.88. The molecule has 0 aromatic rings. The van der Waals surface area contributed by atoms with E-state index in [1.54, 1.807) is 11.4 Å². The van der Waals surface area contributed by atoms with Gasteiger partial charge in [0.1, 0.15) is 0 Å². The zero-order chi connectivity index (χ0) is 17.5. The van der Waals surface area contributed by atoms with Crippen LogP contribution in [-0.2, 0) is 14.8 Å². The molecule has 0 spiro atoms. The Labute approximate surface area is 146 Å². The van der Waals surface area contributed by atoms with Crippen molar-refractivity contribution in [3.05, 3.63) is 0 Å². The third kappa shape index (κ3) is 5.32. The van der Waals surface area contributed by atoms with Crippen molar-refractivity contribution in [2.45, 2.75) is 39.0 Å². The summed E-state index contributed by atoms with van der Waals surface area (Å²) in [5.74, 6) is 1.06. The van der Waals surface area contributed by atoms with Gasteiger partial charge >= 0.3 is 0 Å². The molecule has 0 aromatic carbocycles. The minimum atomic E-state index is -3.02. The van der Waals surface area contributed by atoms with Crippen molar-refractivity contribution in [3.8, 4) is 0 Å². The minimum absolute atomic E-state index is 0.281. The fourth-order valence-corrected chi connectivity index (χ4v) is 4.84. The summed E-state index contributed by atoms with van der Waals surface area (Å²) in [7, 11) is -1.28. The molecule has 1 aliphatic heterocycles. The molecule has 2 rings (SSSR count). The van der Waals surface area contributed by atoms with E-state index in [2.05, 4.69) is 10.6 Å². The molecule has 0 bridgehead atoms. The molecule has 2 aliphatic rings. The van der Waals surface area contributed by atoms with Crippen molar-refractivity contribution < 1.29 is 13.2 Å². The normalized spacial score (nSPS) is 23.0. The molecule has 1 saturated heterocycles. The first-order chi connectivity index (χ1) is 11.5. The summed E-state index contributed by atoms with van der Waals surface area (Å²) in [5, 5.41) is 6.51. The molecule has 0 atom stereocenters. The van der Waals surface area contributed by atoms with E-state index in [0.717, 1.165) is 38.5 Å². The van der Waals surface area contributed by atoms with Gasteiger partial charge in [-0.1, -0.05) is 6.42 Å². The number of hydrogen-bond acceptors (Lipinski definition) is 4. The van der Waals surface area contributed by atoms with Crippen LogP contribution in [-0.4, -0.2) is 70.9 Å². The molecule has 0 aromatic heterocycles. The maximum Gasteiger partial charge on any atom is 0.214 e. The summed E-state index contributed by atoms with van der Waals surface area (Å²) in [6.45, 7) is 6.13. The molecule has 7 nitrogen and oxygen atoms in total. The molecule has 0 amide bonds. The molecule has 0 unspecified atom stereocenters. The molecule has 0 radical (unpaired) electrons. The van der Waals surface area contributed by atoms with Crippen LogP contribution in [0, 0.1) is 5.41 Å². The third-order valence-corrected chi connectivity index (χ3v) is 6.98. The van der Waals surface area contributed by atoms with E-state index in [1.165, 1.54) is 19.3 Å². The lowest BCUT2D eigenvalue weighted by Crippen LogP contribution is -2.43. The Kier molecular flexibility index (Phi) is 7.31. The topological polar surface area (TPSA) is 83.0 Å². The van der Waals surface area contributed by atoms with Gasteiger partial charge < -0.3 is 15.4 Å². The van der Waals surface area contributed by atoms with Gasteiger partial charge in [-0.2, -0.15) is 0 Å². The van der Waals surface area contributed by atoms with Crippen LogP contribution in [0.25, 0.3) is 0 Å². The predicted molar refractivity (Wildman–Crippen MR) is 96.7 cm³/mol. The molecular formula is C16H32N4O3S. The van der Waals surface area contributed by atoms with Gasteiger partial charge in [0.15, 0.2) is 5.96 Å². The molecule has 1 saturated carbocycles. The van der Waals surface area contributed by atoms with E-state index in [1.807, 2.05) is 6.92 Å². The highest BCUT2D eigenvalue weighted by Gasteiger charge is 2.36. The molecule has 8 heteroatoms. The predicted octanol–water partition coefficient (Wildman–Crippen LogP) is 0.784. The van der Waals surface area contributed by atoms with Crippen LogP contribution >= 0.6 is 0 Å². The Morgan fingerprint density at radius 2 is 2.08 bits per heavy atom. The highest BCUT2D eigenvalue weighted by Crippen LogP contribution is 2.44. The number of hydrogen-bond donors (Lipinski definition) is 2. The lowest BCUT2D eigenvalue weighted by atomic mass is 9.67. The zero-order valence-electron chi connectivity index (χ0n) is 15.0. The SMILES string of the molecule is CCNC(=NCC1(CCOC)CCC1)NCCN1CCCS1(=O)=O. The number of ether oxygens (including phenoxy) is 1. The summed E-state index contributed by atoms with van der Waals surface area (Å²) in [4.78, 5) is 4.73. The zero-order valence-corrected chi connectivity index (χ0v) is 15.8. The summed E-state index contributed by atoms with van der Waals surface area (Å²) in [6.07, 6.45) is 5.49. The largest absolute Gasteiger partial charge is 0.385 e. The van der Waals surface area contributed by atoms with Gasteiger partial charge in [0.25, 0.3) is 0 Å². The Morgan fingerprint density at radius 1 is 1.29 bits per heavy atom. The monoisotopic (exact) mass is 360 g/mol. The Balaban J connectivity index is 1.82. The van der Waals surface area contributed by atoms with Crippen molar-refractivity contribution in [1.29, 1.82) is 0 Å². The first-order valence-electron chi connectivity index (χ1n) is 9.00. The quantitative estimate of drug-likeness (QED) is 0.469. The summed E-state index contributed by atoms with van der Waals surface area (Å²) >= 11 is 0. The summed E-state index contributed by atoms with van der Waals surface area (Å²) in [5.41, 5.74) is 0.288. The van der Waals surface area contributed by atoms with Gasteiger partial charge in [-0.3, -0.25) is 4.99 Å². The van der Waals surface area contributed by atoms with Crippen LogP contribution in [0.15, 0.2) is 4.99 Å². The maximum atomic E-state index is 11.8. The van der Waals surface area contributed by atoms with Gasteiger partial charge in [-0.25, -0.2) is 12.7 Å². The van der Waals surface area contributed by atoms with Gasteiger partial charge in [0, 0.05) is 46.4 Å². The average Bonchev–Trinajstić information content (AvgIpc) is 2.84. The Bertz CT molecular complexity index is 517. The van der Waals surface area contributed by atoms with E-state index in [4.69, 9.17) is 9.73 Å². The van der Waals surface area contributed by atoms with E-state index in [0.29, 0.717) is 19.6 Å². The average molecular weight is 361 g/mol. The van der Waals surface area contributed by atoms with Gasteiger partial charge in [0.05, 0.1) is 5.75 Å². The molecule has 1 aliphatic carbocycles. The summed E-state index contributed by atoms with van der Waals surface area (Å²) < 4.78 is 30.4. The number of rotatable bonds is 9. The van der Waals surface area contributed by atoms with E-state index >= 15 is 0 Å². The minimum Gasteiger partial charge on any atom is -0.385 e. The van der Waals surface area contributed by atoms with Crippen LogP contribution in [0.3, 0.4) is 0 Å². The smallest absolute Gasteiger partial charge is 0.214 e. The van der Waals surface area contributed by atoms with Crippen molar-refractivity contribution in [2.75, 3.05) is 52.2 Å². The molecule has 1 heterocycles. The lowest BCUT2D eigenvalue weighted by Gasteiger charge is -2.40. The Hall–Kier alpha value is -0.860. The van der Waals surface area contributed by atoms with Crippen LogP contribution < -0.4 is 10.6 Å². The molecule has 24 heavy (non-hydrogen) atoms.